The maximum Gasteiger partial charge on any atom is 0.390 e. The van der Waals surface area contributed by atoms with E-state index in [2.05, 4.69) is 15.5 Å². The second-order valence-electron chi connectivity index (χ2n) is 5.35. The molecule has 0 fully saturated rings. The van der Waals surface area contributed by atoms with Gasteiger partial charge in [0, 0.05) is 13.0 Å². The van der Waals surface area contributed by atoms with Gasteiger partial charge in [-0.2, -0.15) is 9.36 Å². The normalized spacial score (nSPS) is 10.6. The number of hydrogen-bond donors (Lipinski definition) is 1. The van der Waals surface area contributed by atoms with Gasteiger partial charge in [-0.05, 0) is 23.7 Å². The molecule has 2 aromatic rings. The molecule has 134 valence electrons. The topological polar surface area (TPSA) is 151 Å². The molecule has 0 radical (unpaired) electrons. The van der Waals surface area contributed by atoms with E-state index in [0.29, 0.717) is 17.9 Å². The van der Waals surface area contributed by atoms with Gasteiger partial charge in [0.2, 0.25) is 5.91 Å². The van der Waals surface area contributed by atoms with Crippen LogP contribution in [0.25, 0.3) is 0 Å². The molecule has 12 heteroatoms. The largest absolute Gasteiger partial charge is 0.390 e. The van der Waals surface area contributed by atoms with Crippen molar-refractivity contribution in [2.45, 2.75) is 33.4 Å². The highest BCUT2D eigenvalue weighted by atomic mass is 16.6. The van der Waals surface area contributed by atoms with Crippen LogP contribution >= 0.6 is 0 Å². The Morgan fingerprint density at radius 2 is 1.52 bits per heavy atom. The van der Waals surface area contributed by atoms with Crippen molar-refractivity contribution >= 4 is 17.5 Å². The summed E-state index contributed by atoms with van der Waals surface area (Å²) in [6.07, 6.45) is 0.109. The fourth-order valence-corrected chi connectivity index (χ4v) is 2.21. The molecule has 1 amide bonds. The van der Waals surface area contributed by atoms with Crippen LogP contribution in [0.15, 0.2) is 12.1 Å². The molecule has 2 rings (SSSR count). The third-order valence-corrected chi connectivity index (χ3v) is 3.51. The Kier molecular flexibility index (Phi) is 5.41. The molecule has 0 spiro atoms. The highest BCUT2D eigenvalue weighted by Crippen LogP contribution is 2.11. The molecule has 0 aliphatic carbocycles. The third-order valence-electron chi connectivity index (χ3n) is 3.51. The van der Waals surface area contributed by atoms with Crippen LogP contribution in [0.4, 0.5) is 11.6 Å². The molecule has 0 aromatic carbocycles. The quantitative estimate of drug-likeness (QED) is 0.543. The molecule has 2 aromatic heterocycles. The van der Waals surface area contributed by atoms with Crippen molar-refractivity contribution in [1.82, 2.24) is 24.9 Å². The zero-order valence-corrected chi connectivity index (χ0v) is 13.7. The number of carbonyl (C=O) groups excluding carboxylic acids is 1. The van der Waals surface area contributed by atoms with Gasteiger partial charge < -0.3 is 25.5 Å². The Hall–Kier alpha value is -3.31. The second-order valence-corrected chi connectivity index (χ2v) is 5.35. The average Bonchev–Trinajstić information content (AvgIpc) is 3.09. The molecule has 1 N–H and O–H groups in total. The van der Waals surface area contributed by atoms with Crippen molar-refractivity contribution in [3.05, 3.63) is 43.7 Å². The van der Waals surface area contributed by atoms with Crippen LogP contribution in [0.2, 0.25) is 0 Å². The van der Waals surface area contributed by atoms with Crippen molar-refractivity contribution in [2.24, 2.45) is 0 Å². The smallest absolute Gasteiger partial charge is 0.358 e. The molecule has 0 atom stereocenters. The van der Waals surface area contributed by atoms with Crippen molar-refractivity contribution in [2.75, 3.05) is 6.54 Å². The fraction of sp³-hybridized carbons (Fsp3) is 0.462. The molecule has 25 heavy (non-hydrogen) atoms. The molecule has 0 bridgehead atoms. The first-order valence-corrected chi connectivity index (χ1v) is 7.42. The molecular formula is C13H17N7O5. The molecule has 0 aliphatic rings. The van der Waals surface area contributed by atoms with Gasteiger partial charge in [-0.1, -0.05) is 0 Å². The summed E-state index contributed by atoms with van der Waals surface area (Å²) in [5.74, 6) is -0.745. The summed E-state index contributed by atoms with van der Waals surface area (Å²) in [5, 5.41) is 31.6. The molecule has 2 heterocycles. The Morgan fingerprint density at radius 3 is 1.96 bits per heavy atom. The summed E-state index contributed by atoms with van der Waals surface area (Å²) in [6.45, 7) is 4.15. The SMILES string of the molecule is Cc1cc([N+](=O)[O-])nn1CCNC(=O)CCn1nc([N+](=O)[O-])cc1C. The summed E-state index contributed by atoms with van der Waals surface area (Å²) in [7, 11) is 0. The van der Waals surface area contributed by atoms with Crippen LogP contribution in [0.3, 0.4) is 0 Å². The molecule has 0 saturated carbocycles. The van der Waals surface area contributed by atoms with Crippen molar-refractivity contribution in [1.29, 1.82) is 0 Å². The Bertz CT molecular complexity index is 810. The van der Waals surface area contributed by atoms with Gasteiger partial charge in [-0.25, -0.2) is 0 Å². The van der Waals surface area contributed by atoms with E-state index >= 15 is 0 Å². The maximum atomic E-state index is 11.8. The van der Waals surface area contributed by atoms with Gasteiger partial charge in [-0.3, -0.25) is 4.79 Å². The van der Waals surface area contributed by atoms with E-state index in [0.717, 1.165) is 0 Å². The van der Waals surface area contributed by atoms with Gasteiger partial charge in [0.05, 0.1) is 46.8 Å². The maximum absolute atomic E-state index is 11.8. The van der Waals surface area contributed by atoms with E-state index in [9.17, 15) is 25.0 Å². The zero-order chi connectivity index (χ0) is 18.6. The molecular weight excluding hydrogens is 334 g/mol. The first-order chi connectivity index (χ1) is 11.8. The highest BCUT2D eigenvalue weighted by molar-refractivity contribution is 5.75. The molecule has 0 saturated heterocycles. The van der Waals surface area contributed by atoms with Crippen molar-refractivity contribution < 1.29 is 14.6 Å². The number of nitrogens with one attached hydrogen (secondary N) is 1. The number of rotatable bonds is 8. The Morgan fingerprint density at radius 1 is 1.04 bits per heavy atom. The predicted octanol–water partition coefficient (Wildman–Crippen LogP) is 0.719. The molecule has 0 unspecified atom stereocenters. The lowest BCUT2D eigenvalue weighted by molar-refractivity contribution is -0.390. The number of aryl methyl sites for hydroxylation is 3. The van der Waals surface area contributed by atoms with Crippen molar-refractivity contribution in [3.8, 4) is 0 Å². The monoisotopic (exact) mass is 351 g/mol. The van der Waals surface area contributed by atoms with Gasteiger partial charge in [-0.15, -0.1) is 0 Å². The van der Waals surface area contributed by atoms with E-state index in [-0.39, 0.29) is 37.1 Å². The third kappa shape index (κ3) is 4.59. The fourth-order valence-electron chi connectivity index (χ4n) is 2.21. The minimum Gasteiger partial charge on any atom is -0.358 e. The standard InChI is InChI=1S/C13H17N7O5/c1-9-7-11(19(22)23)15-17(9)5-3-13(21)14-4-6-18-10(2)8-12(16-18)20(24)25/h7-8H,3-6H2,1-2H3,(H,14,21). The van der Waals surface area contributed by atoms with E-state index in [4.69, 9.17) is 0 Å². The van der Waals surface area contributed by atoms with Gasteiger partial charge in [0.25, 0.3) is 0 Å². The predicted molar refractivity (Wildman–Crippen MR) is 84.9 cm³/mol. The number of aromatic nitrogens is 4. The first kappa shape index (κ1) is 18.0. The zero-order valence-electron chi connectivity index (χ0n) is 13.7. The van der Waals surface area contributed by atoms with E-state index in [1.54, 1.807) is 13.8 Å². The number of nitrogens with zero attached hydrogens (tertiary/aromatic N) is 6. The summed E-state index contributed by atoms with van der Waals surface area (Å²) >= 11 is 0. The van der Waals surface area contributed by atoms with E-state index in [1.807, 2.05) is 0 Å². The minimum absolute atomic E-state index is 0.109. The van der Waals surface area contributed by atoms with Crippen LogP contribution in [0.5, 0.6) is 0 Å². The van der Waals surface area contributed by atoms with E-state index in [1.165, 1.54) is 21.5 Å². The Balaban J connectivity index is 1.79. The minimum atomic E-state index is -0.588. The van der Waals surface area contributed by atoms with E-state index < -0.39 is 9.85 Å². The van der Waals surface area contributed by atoms with Crippen LogP contribution in [0, 0.1) is 34.1 Å². The molecule has 12 nitrogen and oxygen atoms in total. The first-order valence-electron chi connectivity index (χ1n) is 7.42. The van der Waals surface area contributed by atoms with Crippen molar-refractivity contribution in [3.63, 3.8) is 0 Å². The summed E-state index contributed by atoms with van der Waals surface area (Å²) in [6, 6.07) is 2.69. The number of carbonyl (C=O) groups is 1. The lowest BCUT2D eigenvalue weighted by atomic mass is 10.3. The summed E-state index contributed by atoms with van der Waals surface area (Å²) in [5.41, 5.74) is 1.22. The number of nitro groups is 2. The lowest BCUT2D eigenvalue weighted by Gasteiger charge is -2.04. The van der Waals surface area contributed by atoms with Gasteiger partial charge in [0.15, 0.2) is 0 Å². The van der Waals surface area contributed by atoms with Crippen LogP contribution in [-0.4, -0.2) is 41.9 Å². The van der Waals surface area contributed by atoms with Gasteiger partial charge in [0.1, 0.15) is 0 Å². The van der Waals surface area contributed by atoms with Gasteiger partial charge >= 0.3 is 11.6 Å². The number of amides is 1. The van der Waals surface area contributed by atoms with Crippen LogP contribution in [-0.2, 0) is 17.9 Å². The van der Waals surface area contributed by atoms with Crippen LogP contribution in [0.1, 0.15) is 17.8 Å². The lowest BCUT2D eigenvalue weighted by Crippen LogP contribution is -2.28. The second kappa shape index (κ2) is 7.51. The van der Waals surface area contributed by atoms with Crippen LogP contribution < -0.4 is 5.32 Å². The Labute approximate surface area is 141 Å². The average molecular weight is 351 g/mol. The summed E-state index contributed by atoms with van der Waals surface area (Å²) in [4.78, 5) is 32.0. The highest BCUT2D eigenvalue weighted by Gasteiger charge is 2.17. The molecule has 0 aliphatic heterocycles. The summed E-state index contributed by atoms with van der Waals surface area (Å²) < 4.78 is 2.85. The number of hydrogen-bond acceptors (Lipinski definition) is 7.